The van der Waals surface area contributed by atoms with Crippen LogP contribution in [-0.2, 0) is 9.53 Å². The summed E-state index contributed by atoms with van der Waals surface area (Å²) < 4.78 is 31.6. The summed E-state index contributed by atoms with van der Waals surface area (Å²) in [7, 11) is 1.31. The highest BCUT2D eigenvalue weighted by Gasteiger charge is 2.30. The number of carbonyl (C=O) groups excluding carboxylic acids is 1. The van der Waals surface area contributed by atoms with Gasteiger partial charge in [0.15, 0.2) is 0 Å². The van der Waals surface area contributed by atoms with Crippen LogP contribution in [0.4, 0.5) is 14.7 Å². The molecule has 0 saturated heterocycles. The van der Waals surface area contributed by atoms with Crippen LogP contribution in [-0.4, -0.2) is 40.8 Å². The van der Waals surface area contributed by atoms with Gasteiger partial charge in [0, 0.05) is 17.7 Å². The summed E-state index contributed by atoms with van der Waals surface area (Å²) in [5.74, 6) is -0.962. The molecule has 1 aliphatic heterocycles. The molecular formula is C21H16F2N4O2. The van der Waals surface area contributed by atoms with Crippen LogP contribution in [0.5, 0.6) is 0 Å². The number of anilines is 1. The maximum absolute atomic E-state index is 13.4. The fourth-order valence-corrected chi connectivity index (χ4v) is 3.10. The van der Waals surface area contributed by atoms with Crippen molar-refractivity contribution in [2.45, 2.75) is 6.04 Å². The van der Waals surface area contributed by atoms with Crippen LogP contribution in [0.3, 0.4) is 0 Å². The van der Waals surface area contributed by atoms with Gasteiger partial charge < -0.3 is 9.64 Å². The van der Waals surface area contributed by atoms with Crippen molar-refractivity contribution in [3.63, 3.8) is 0 Å². The molecule has 0 spiro atoms. The third-order valence-electron chi connectivity index (χ3n) is 4.57. The summed E-state index contributed by atoms with van der Waals surface area (Å²) in [4.78, 5) is 18.3. The zero-order valence-corrected chi connectivity index (χ0v) is 15.4. The van der Waals surface area contributed by atoms with Crippen molar-refractivity contribution in [2.24, 2.45) is 0 Å². The number of nitrogens with zero attached hydrogens (tertiary/aromatic N) is 4. The van der Waals surface area contributed by atoms with E-state index in [0.29, 0.717) is 29.1 Å². The zero-order chi connectivity index (χ0) is 20.4. The Hall–Kier alpha value is -3.68. The molecule has 0 N–H and O–H groups in total. The second-order valence-electron chi connectivity index (χ2n) is 6.37. The number of carbonyl (C=O) groups is 1. The normalized spacial score (nSPS) is 15.6. The highest BCUT2D eigenvalue weighted by molar-refractivity contribution is 5.83. The Kier molecular flexibility index (Phi) is 4.99. The number of aromatic nitrogens is 3. The molecule has 2 aromatic carbocycles. The summed E-state index contributed by atoms with van der Waals surface area (Å²) in [5.41, 5.74) is 2.09. The van der Waals surface area contributed by atoms with Crippen molar-refractivity contribution >= 4 is 11.9 Å². The Morgan fingerprint density at radius 3 is 2.14 bits per heavy atom. The van der Waals surface area contributed by atoms with Crippen molar-refractivity contribution in [3.8, 4) is 22.5 Å². The molecule has 0 aliphatic carbocycles. The summed E-state index contributed by atoms with van der Waals surface area (Å²) in [5, 5.41) is 8.47. The topological polar surface area (TPSA) is 68.2 Å². The fourth-order valence-electron chi connectivity index (χ4n) is 3.10. The van der Waals surface area contributed by atoms with Crippen molar-refractivity contribution in [2.75, 3.05) is 18.6 Å². The maximum Gasteiger partial charge on any atom is 0.332 e. The lowest BCUT2D eigenvalue weighted by Gasteiger charge is -2.22. The molecule has 1 atom stereocenters. The first-order chi connectivity index (χ1) is 14.1. The van der Waals surface area contributed by atoms with E-state index >= 15 is 0 Å². The Bertz CT molecular complexity index is 1070. The number of hydrogen-bond donors (Lipinski definition) is 0. The van der Waals surface area contributed by atoms with Gasteiger partial charge in [0.25, 0.3) is 0 Å². The van der Waals surface area contributed by atoms with Crippen LogP contribution in [0.1, 0.15) is 0 Å². The Morgan fingerprint density at radius 2 is 1.55 bits per heavy atom. The minimum absolute atomic E-state index is 0.232. The first-order valence-corrected chi connectivity index (χ1v) is 8.84. The maximum atomic E-state index is 13.4. The van der Waals surface area contributed by atoms with Crippen molar-refractivity contribution in [1.29, 1.82) is 0 Å². The highest BCUT2D eigenvalue weighted by Crippen LogP contribution is 2.31. The van der Waals surface area contributed by atoms with E-state index in [-0.39, 0.29) is 17.6 Å². The summed E-state index contributed by atoms with van der Waals surface area (Å²) >= 11 is 0. The molecule has 3 aromatic rings. The van der Waals surface area contributed by atoms with E-state index in [1.54, 1.807) is 35.2 Å². The predicted molar refractivity (Wildman–Crippen MR) is 103 cm³/mol. The van der Waals surface area contributed by atoms with Crippen LogP contribution in [0.15, 0.2) is 60.7 Å². The van der Waals surface area contributed by atoms with E-state index in [1.807, 2.05) is 6.08 Å². The fraction of sp³-hybridized carbons (Fsp3) is 0.143. The molecule has 146 valence electrons. The second-order valence-corrected chi connectivity index (χ2v) is 6.37. The third kappa shape index (κ3) is 3.69. The quantitative estimate of drug-likeness (QED) is 0.499. The highest BCUT2D eigenvalue weighted by atomic mass is 19.1. The van der Waals surface area contributed by atoms with Gasteiger partial charge in [-0.15, -0.1) is 10.2 Å². The Morgan fingerprint density at radius 1 is 0.966 bits per heavy atom. The lowest BCUT2D eigenvalue weighted by molar-refractivity contribution is -0.140. The zero-order valence-electron chi connectivity index (χ0n) is 15.4. The van der Waals surface area contributed by atoms with Gasteiger partial charge >= 0.3 is 5.97 Å². The van der Waals surface area contributed by atoms with Crippen molar-refractivity contribution in [1.82, 2.24) is 15.2 Å². The molecule has 0 saturated carbocycles. The Labute approximate surface area is 165 Å². The van der Waals surface area contributed by atoms with Gasteiger partial charge in [0.1, 0.15) is 29.1 Å². The number of esters is 1. The van der Waals surface area contributed by atoms with E-state index in [1.165, 1.54) is 31.4 Å². The standard InChI is InChI=1S/C21H16F2N4O2/c1-29-20(28)17-3-2-12-27(17)21-24-18(13-4-8-15(22)9-5-13)19(25-26-21)14-6-10-16(23)11-7-14/h2-11,17H,12H2,1H3. The molecule has 0 radical (unpaired) electrons. The molecular weight excluding hydrogens is 378 g/mol. The molecule has 1 aliphatic rings. The first kappa shape index (κ1) is 18.7. The van der Waals surface area contributed by atoms with Crippen molar-refractivity contribution in [3.05, 3.63) is 72.3 Å². The second kappa shape index (κ2) is 7.75. The summed E-state index contributed by atoms with van der Waals surface area (Å²) in [6, 6.07) is 10.9. The van der Waals surface area contributed by atoms with E-state index in [2.05, 4.69) is 15.2 Å². The van der Waals surface area contributed by atoms with Crippen LogP contribution < -0.4 is 4.90 Å². The molecule has 0 bridgehead atoms. The lowest BCUT2D eigenvalue weighted by Crippen LogP contribution is -2.38. The SMILES string of the molecule is COC(=O)C1C=CCN1c1nnc(-c2ccc(F)cc2)c(-c2ccc(F)cc2)n1. The largest absolute Gasteiger partial charge is 0.467 e. The summed E-state index contributed by atoms with van der Waals surface area (Å²) in [6.07, 6.45) is 3.52. The van der Waals surface area contributed by atoms with E-state index in [4.69, 9.17) is 4.74 Å². The Balaban J connectivity index is 1.82. The van der Waals surface area contributed by atoms with Gasteiger partial charge in [0.05, 0.1) is 7.11 Å². The number of methoxy groups -OCH3 is 1. The third-order valence-corrected chi connectivity index (χ3v) is 4.57. The number of benzene rings is 2. The number of rotatable bonds is 4. The molecule has 0 fully saturated rings. The average molecular weight is 394 g/mol. The predicted octanol–water partition coefficient (Wildman–Crippen LogP) is 3.40. The first-order valence-electron chi connectivity index (χ1n) is 8.84. The average Bonchev–Trinajstić information content (AvgIpc) is 3.24. The van der Waals surface area contributed by atoms with E-state index in [9.17, 15) is 13.6 Å². The van der Waals surface area contributed by atoms with Crippen LogP contribution in [0.25, 0.3) is 22.5 Å². The van der Waals surface area contributed by atoms with Crippen LogP contribution >= 0.6 is 0 Å². The number of ether oxygens (including phenoxy) is 1. The van der Waals surface area contributed by atoms with E-state index in [0.717, 1.165) is 0 Å². The van der Waals surface area contributed by atoms with Gasteiger partial charge in [-0.3, -0.25) is 0 Å². The van der Waals surface area contributed by atoms with Gasteiger partial charge in [-0.05, 0) is 48.5 Å². The smallest absolute Gasteiger partial charge is 0.332 e. The molecule has 0 amide bonds. The van der Waals surface area contributed by atoms with Crippen LogP contribution in [0.2, 0.25) is 0 Å². The lowest BCUT2D eigenvalue weighted by atomic mass is 10.0. The van der Waals surface area contributed by atoms with Crippen molar-refractivity contribution < 1.29 is 18.3 Å². The minimum atomic E-state index is -0.653. The molecule has 2 heterocycles. The van der Waals surface area contributed by atoms with Gasteiger partial charge in [0.2, 0.25) is 5.95 Å². The van der Waals surface area contributed by atoms with Gasteiger partial charge in [-0.25, -0.2) is 18.6 Å². The molecule has 1 unspecified atom stereocenters. The molecule has 8 heteroatoms. The van der Waals surface area contributed by atoms with Gasteiger partial charge in [-0.2, -0.15) is 0 Å². The molecule has 29 heavy (non-hydrogen) atoms. The molecule has 1 aromatic heterocycles. The van der Waals surface area contributed by atoms with Gasteiger partial charge in [-0.1, -0.05) is 12.2 Å². The van der Waals surface area contributed by atoms with E-state index < -0.39 is 12.0 Å². The summed E-state index contributed by atoms with van der Waals surface area (Å²) in [6.45, 7) is 0.417. The number of halogens is 2. The minimum Gasteiger partial charge on any atom is -0.467 e. The number of hydrogen-bond acceptors (Lipinski definition) is 6. The monoisotopic (exact) mass is 394 g/mol. The molecule has 4 rings (SSSR count). The van der Waals surface area contributed by atoms with Crippen LogP contribution in [0, 0.1) is 11.6 Å². The molecule has 6 nitrogen and oxygen atoms in total.